The van der Waals surface area contributed by atoms with E-state index in [4.69, 9.17) is 11.6 Å². The van der Waals surface area contributed by atoms with Gasteiger partial charge in [0.25, 0.3) is 5.91 Å². The largest absolute Gasteiger partial charge is 0.463 e. The molecule has 0 aliphatic rings. The van der Waals surface area contributed by atoms with Gasteiger partial charge in [-0.15, -0.1) is 0 Å². The molecule has 0 saturated carbocycles. The third-order valence-corrected chi connectivity index (χ3v) is 2.89. The van der Waals surface area contributed by atoms with Crippen molar-refractivity contribution in [3.05, 3.63) is 35.4 Å². The molecule has 0 spiro atoms. The minimum absolute atomic E-state index is 0.451. The minimum atomic E-state index is -5.46. The van der Waals surface area contributed by atoms with Gasteiger partial charge in [-0.1, -0.05) is 17.7 Å². The molecule has 0 heterocycles. The highest BCUT2D eigenvalue weighted by atomic mass is 35.5. The van der Waals surface area contributed by atoms with Gasteiger partial charge in [-0.2, -0.15) is 13.2 Å². The Kier molecular flexibility index (Phi) is 5.34. The average molecular weight is 346 g/mol. The number of rotatable bonds is 4. The summed E-state index contributed by atoms with van der Waals surface area (Å²) in [4.78, 5) is 19.1. The van der Waals surface area contributed by atoms with Gasteiger partial charge in [-0.3, -0.25) is 4.79 Å². The van der Waals surface area contributed by atoms with E-state index in [1.54, 1.807) is 0 Å². The monoisotopic (exact) mass is 345 g/mol. The fourth-order valence-electron chi connectivity index (χ4n) is 1.40. The van der Waals surface area contributed by atoms with Crippen LogP contribution < -0.4 is 5.32 Å². The first-order valence-corrected chi connectivity index (χ1v) is 6.11. The van der Waals surface area contributed by atoms with Crippen LogP contribution >= 0.6 is 11.6 Å². The van der Waals surface area contributed by atoms with Gasteiger partial charge in [0.2, 0.25) is 0 Å². The molecule has 10 heteroatoms. The highest BCUT2D eigenvalue weighted by Gasteiger charge is 2.62. The summed E-state index contributed by atoms with van der Waals surface area (Å²) < 4.78 is 69.7. The van der Waals surface area contributed by atoms with Crippen molar-refractivity contribution in [2.45, 2.75) is 18.1 Å². The molecule has 0 aliphatic carbocycles. The molecule has 1 aromatic rings. The molecule has 0 fully saturated rings. The molecule has 0 unspecified atom stereocenters. The maximum atomic E-state index is 13.4. The van der Waals surface area contributed by atoms with Crippen LogP contribution in [-0.4, -0.2) is 29.7 Å². The van der Waals surface area contributed by atoms with E-state index in [0.29, 0.717) is 12.1 Å². The number of hydrogen-bond donors (Lipinski definition) is 1. The zero-order valence-electron chi connectivity index (χ0n) is 10.9. The van der Waals surface area contributed by atoms with Gasteiger partial charge >= 0.3 is 17.1 Å². The summed E-state index contributed by atoms with van der Waals surface area (Å²) in [5, 5.41) is 1.06. The number of carbonyl (C=O) groups is 2. The van der Waals surface area contributed by atoms with Gasteiger partial charge in [0.15, 0.2) is 0 Å². The van der Waals surface area contributed by atoms with Crippen LogP contribution in [0.25, 0.3) is 0 Å². The maximum Gasteiger partial charge on any atom is 0.437 e. The van der Waals surface area contributed by atoms with Crippen LogP contribution in [0.2, 0.25) is 0 Å². The van der Waals surface area contributed by atoms with E-state index in [-0.39, 0.29) is 0 Å². The molecule has 22 heavy (non-hydrogen) atoms. The van der Waals surface area contributed by atoms with E-state index >= 15 is 0 Å². The fraction of sp³-hybridized carbons (Fsp3) is 0.333. The predicted octanol–water partition coefficient (Wildman–Crippen LogP) is 2.76. The lowest BCUT2D eigenvalue weighted by Gasteiger charge is -2.28. The minimum Gasteiger partial charge on any atom is -0.463 e. The molecular weight excluding hydrogens is 337 g/mol. The van der Waals surface area contributed by atoms with E-state index in [9.17, 15) is 31.5 Å². The van der Waals surface area contributed by atoms with Gasteiger partial charge in [0.1, 0.15) is 17.2 Å². The van der Waals surface area contributed by atoms with Gasteiger partial charge in [0.05, 0.1) is 6.61 Å². The van der Waals surface area contributed by atoms with Crippen molar-refractivity contribution < 1.29 is 36.3 Å². The second-order valence-electron chi connectivity index (χ2n) is 3.93. The van der Waals surface area contributed by atoms with Crippen LogP contribution in [0.15, 0.2) is 18.2 Å². The molecule has 0 bridgehead atoms. The summed E-state index contributed by atoms with van der Waals surface area (Å²) in [6.07, 6.45) is -5.46. The summed E-state index contributed by atoms with van der Waals surface area (Å²) in [7, 11) is 0. The topological polar surface area (TPSA) is 55.4 Å². The molecule has 1 aromatic carbocycles. The quantitative estimate of drug-likeness (QED) is 0.395. The first-order chi connectivity index (χ1) is 10.0. The lowest BCUT2D eigenvalue weighted by atomic mass is 10.1. The number of nitrogens with one attached hydrogen (secondary N) is 1. The molecule has 4 nitrogen and oxygen atoms in total. The number of amides is 1. The van der Waals surface area contributed by atoms with Crippen LogP contribution in [0.5, 0.6) is 0 Å². The Balaban J connectivity index is 3.21. The lowest BCUT2D eigenvalue weighted by molar-refractivity contribution is -0.192. The standard InChI is InChI=1S/C12H9ClF5NO3/c1-2-22-10(21)11(13,12(16,17)18)19-9(20)8-6(14)4-3-5-7(8)15/h3-5H,2H2,1H3,(H,19,20)/t11-/m0/s1. The molecule has 0 aliphatic heterocycles. The number of halogens is 6. The number of benzene rings is 1. The highest BCUT2D eigenvalue weighted by Crippen LogP contribution is 2.35. The van der Waals surface area contributed by atoms with Crippen LogP contribution in [0.3, 0.4) is 0 Å². The zero-order valence-corrected chi connectivity index (χ0v) is 11.7. The summed E-state index contributed by atoms with van der Waals surface area (Å²) in [5.74, 6) is -6.70. The summed E-state index contributed by atoms with van der Waals surface area (Å²) >= 11 is 5.12. The van der Waals surface area contributed by atoms with Gasteiger partial charge in [-0.25, -0.2) is 13.6 Å². The van der Waals surface area contributed by atoms with Crippen molar-refractivity contribution in [3.8, 4) is 0 Å². The third kappa shape index (κ3) is 3.46. The van der Waals surface area contributed by atoms with Gasteiger partial charge in [-0.05, 0) is 19.1 Å². The second kappa shape index (κ2) is 6.47. The Morgan fingerprint density at radius 2 is 1.73 bits per heavy atom. The Morgan fingerprint density at radius 3 is 2.14 bits per heavy atom. The summed E-state index contributed by atoms with van der Waals surface area (Å²) in [6.45, 7) is 0.761. The van der Waals surface area contributed by atoms with Crippen molar-refractivity contribution in [2.75, 3.05) is 6.61 Å². The lowest BCUT2D eigenvalue weighted by Crippen LogP contribution is -2.60. The van der Waals surface area contributed by atoms with Crippen molar-refractivity contribution in [2.24, 2.45) is 0 Å². The molecule has 0 saturated heterocycles. The predicted molar refractivity (Wildman–Crippen MR) is 65.1 cm³/mol. The van der Waals surface area contributed by atoms with Crippen LogP contribution in [0.1, 0.15) is 17.3 Å². The summed E-state index contributed by atoms with van der Waals surface area (Å²) in [6, 6.07) is 2.22. The first-order valence-electron chi connectivity index (χ1n) is 5.74. The van der Waals surface area contributed by atoms with Crippen LogP contribution in [-0.2, 0) is 9.53 Å². The van der Waals surface area contributed by atoms with Crippen molar-refractivity contribution in [1.29, 1.82) is 0 Å². The smallest absolute Gasteiger partial charge is 0.437 e. The molecule has 1 N–H and O–H groups in total. The van der Waals surface area contributed by atoms with Crippen molar-refractivity contribution >= 4 is 23.5 Å². The zero-order chi connectivity index (χ0) is 17.1. The molecule has 1 amide bonds. The Bertz CT molecular complexity index is 572. The van der Waals surface area contributed by atoms with Crippen molar-refractivity contribution in [1.82, 2.24) is 5.32 Å². The molecule has 1 rings (SSSR count). The molecule has 0 radical (unpaired) electrons. The van der Waals surface area contributed by atoms with E-state index in [1.807, 2.05) is 0 Å². The number of carbonyl (C=O) groups excluding carboxylic acids is 2. The van der Waals surface area contributed by atoms with Crippen molar-refractivity contribution in [3.63, 3.8) is 0 Å². The van der Waals surface area contributed by atoms with Crippen LogP contribution in [0.4, 0.5) is 22.0 Å². The molecule has 1 atom stereocenters. The van der Waals surface area contributed by atoms with Gasteiger partial charge in [0, 0.05) is 0 Å². The Hall–Kier alpha value is -1.90. The van der Waals surface area contributed by atoms with E-state index in [2.05, 4.69) is 4.74 Å². The molecule has 122 valence electrons. The maximum absolute atomic E-state index is 13.4. The first kappa shape index (κ1) is 18.1. The summed E-state index contributed by atoms with van der Waals surface area (Å²) in [5.41, 5.74) is -1.30. The Morgan fingerprint density at radius 1 is 1.23 bits per heavy atom. The third-order valence-electron chi connectivity index (χ3n) is 2.42. The highest BCUT2D eigenvalue weighted by molar-refractivity contribution is 6.35. The normalized spacial score (nSPS) is 14.1. The number of esters is 1. The number of ether oxygens (including phenoxy) is 1. The number of hydrogen-bond acceptors (Lipinski definition) is 3. The molecule has 0 aromatic heterocycles. The van der Waals surface area contributed by atoms with Gasteiger partial charge < -0.3 is 10.1 Å². The fourth-order valence-corrected chi connectivity index (χ4v) is 1.54. The molecular formula is C12H9ClF5NO3. The van der Waals surface area contributed by atoms with E-state index in [0.717, 1.165) is 11.4 Å². The number of alkyl halides is 4. The van der Waals surface area contributed by atoms with E-state index < -0.39 is 46.9 Å². The second-order valence-corrected chi connectivity index (χ2v) is 4.49. The Labute approximate surface area is 126 Å². The van der Waals surface area contributed by atoms with E-state index in [1.165, 1.54) is 6.92 Å². The van der Waals surface area contributed by atoms with Crippen LogP contribution in [0, 0.1) is 11.6 Å². The average Bonchev–Trinajstić information content (AvgIpc) is 2.37. The SMILES string of the molecule is CCOC(=O)[C@](Cl)(NC(=O)c1c(F)cccc1F)C(F)(F)F.